The van der Waals surface area contributed by atoms with Gasteiger partial charge in [-0.05, 0) is 42.3 Å². The molecule has 1 heterocycles. The zero-order valence-corrected chi connectivity index (χ0v) is 19.5. The molecule has 8 heteroatoms. The maximum atomic E-state index is 13.5. The lowest BCUT2D eigenvalue weighted by Crippen LogP contribution is -2.47. The lowest BCUT2D eigenvalue weighted by Gasteiger charge is -2.20. The van der Waals surface area contributed by atoms with Crippen molar-refractivity contribution in [1.29, 1.82) is 0 Å². The summed E-state index contributed by atoms with van der Waals surface area (Å²) in [5.74, 6) is -0.578. The molecule has 0 aliphatic carbocycles. The van der Waals surface area contributed by atoms with E-state index in [2.05, 4.69) is 5.10 Å². The van der Waals surface area contributed by atoms with Crippen LogP contribution in [0.25, 0.3) is 5.69 Å². The van der Waals surface area contributed by atoms with Gasteiger partial charge in [-0.3, -0.25) is 9.59 Å². The van der Waals surface area contributed by atoms with Crippen LogP contribution in [-0.4, -0.2) is 32.2 Å². The Morgan fingerprint density at radius 1 is 0.941 bits per heavy atom. The predicted molar refractivity (Wildman–Crippen MR) is 132 cm³/mol. The normalized spacial score (nSPS) is 11.7. The molecule has 0 aliphatic rings. The molecule has 1 aromatic heterocycles. The van der Waals surface area contributed by atoms with Gasteiger partial charge in [-0.1, -0.05) is 72.3 Å². The SMILES string of the molecule is C[C@H](c1ccccc1)n1c(=O)c(C(=O)N(C)Cc2ccccc2)nn(-c2ccc(Cl)cc2)c1=O. The Morgan fingerprint density at radius 3 is 2.15 bits per heavy atom. The predicted octanol–water partition coefficient (Wildman–Crippen LogP) is 3.93. The summed E-state index contributed by atoms with van der Waals surface area (Å²) in [7, 11) is 1.60. The van der Waals surface area contributed by atoms with Gasteiger partial charge in [-0.2, -0.15) is 9.78 Å². The largest absolute Gasteiger partial charge is 0.352 e. The van der Waals surface area contributed by atoms with Crippen LogP contribution in [0.15, 0.2) is 94.5 Å². The molecule has 0 radical (unpaired) electrons. The van der Waals surface area contributed by atoms with E-state index >= 15 is 0 Å². The van der Waals surface area contributed by atoms with Gasteiger partial charge in [0.1, 0.15) is 0 Å². The summed E-state index contributed by atoms with van der Waals surface area (Å²) in [5, 5.41) is 4.70. The second-order valence-corrected chi connectivity index (χ2v) is 8.36. The average molecular weight is 475 g/mol. The first-order valence-electron chi connectivity index (χ1n) is 10.7. The van der Waals surface area contributed by atoms with Crippen molar-refractivity contribution in [3.8, 4) is 5.69 Å². The highest BCUT2D eigenvalue weighted by Crippen LogP contribution is 2.16. The van der Waals surface area contributed by atoms with Crippen molar-refractivity contribution in [2.45, 2.75) is 19.5 Å². The fourth-order valence-corrected chi connectivity index (χ4v) is 3.83. The Morgan fingerprint density at radius 2 is 1.53 bits per heavy atom. The standard InChI is InChI=1S/C26H23ClN4O3/c1-18(20-11-7-4-8-12-20)30-25(33)23(24(32)29(2)17-19-9-5-3-6-10-19)28-31(26(30)34)22-15-13-21(27)14-16-22/h3-16,18H,17H2,1-2H3/t18-/m1/s1. The first kappa shape index (κ1) is 23.2. The minimum absolute atomic E-state index is 0.287. The smallest absolute Gasteiger partial charge is 0.336 e. The quantitative estimate of drug-likeness (QED) is 0.424. The molecule has 0 spiro atoms. The fourth-order valence-electron chi connectivity index (χ4n) is 3.71. The number of hydrogen-bond donors (Lipinski definition) is 0. The van der Waals surface area contributed by atoms with Crippen molar-refractivity contribution in [3.05, 3.63) is 128 Å². The number of halogens is 1. The average Bonchev–Trinajstić information content (AvgIpc) is 2.85. The molecule has 0 aliphatic heterocycles. The van der Waals surface area contributed by atoms with Crippen LogP contribution in [0, 0.1) is 0 Å². The van der Waals surface area contributed by atoms with Crippen molar-refractivity contribution in [1.82, 2.24) is 19.2 Å². The van der Waals surface area contributed by atoms with Gasteiger partial charge in [0.2, 0.25) is 5.69 Å². The highest BCUT2D eigenvalue weighted by molar-refractivity contribution is 6.30. The molecule has 0 unspecified atom stereocenters. The fraction of sp³-hybridized carbons (Fsp3) is 0.154. The summed E-state index contributed by atoms with van der Waals surface area (Å²) < 4.78 is 2.14. The van der Waals surface area contributed by atoms with E-state index in [0.29, 0.717) is 10.7 Å². The maximum Gasteiger partial charge on any atom is 0.352 e. The second-order valence-electron chi connectivity index (χ2n) is 7.93. The van der Waals surface area contributed by atoms with Crippen molar-refractivity contribution in [2.24, 2.45) is 0 Å². The number of rotatable bonds is 6. The third-order valence-electron chi connectivity index (χ3n) is 5.56. The molecule has 0 saturated heterocycles. The zero-order valence-electron chi connectivity index (χ0n) is 18.8. The molecular formula is C26H23ClN4O3. The Labute approximate surface area is 201 Å². The number of nitrogens with zero attached hydrogens (tertiary/aromatic N) is 4. The van der Waals surface area contributed by atoms with Crippen LogP contribution >= 0.6 is 11.6 Å². The van der Waals surface area contributed by atoms with E-state index < -0.39 is 23.2 Å². The number of benzene rings is 3. The molecule has 34 heavy (non-hydrogen) atoms. The Kier molecular flexibility index (Phi) is 6.75. The van der Waals surface area contributed by atoms with Gasteiger partial charge in [0.05, 0.1) is 11.7 Å². The molecule has 0 saturated carbocycles. The number of aromatic nitrogens is 3. The van der Waals surface area contributed by atoms with E-state index in [1.54, 1.807) is 38.2 Å². The molecule has 4 aromatic rings. The van der Waals surface area contributed by atoms with Crippen molar-refractivity contribution < 1.29 is 4.79 Å². The minimum Gasteiger partial charge on any atom is -0.336 e. The van der Waals surface area contributed by atoms with Crippen LogP contribution in [0.3, 0.4) is 0 Å². The third-order valence-corrected chi connectivity index (χ3v) is 5.81. The minimum atomic E-state index is -0.739. The molecule has 4 rings (SSSR count). The van der Waals surface area contributed by atoms with Gasteiger partial charge in [0.25, 0.3) is 11.5 Å². The van der Waals surface area contributed by atoms with E-state index in [1.165, 1.54) is 4.90 Å². The molecule has 0 N–H and O–H groups in total. The Bertz CT molecular complexity index is 1410. The van der Waals surface area contributed by atoms with Gasteiger partial charge in [0.15, 0.2) is 0 Å². The van der Waals surface area contributed by atoms with Crippen LogP contribution < -0.4 is 11.2 Å². The van der Waals surface area contributed by atoms with Crippen LogP contribution in [0.5, 0.6) is 0 Å². The lowest BCUT2D eigenvalue weighted by molar-refractivity contribution is 0.0773. The zero-order chi connectivity index (χ0) is 24.2. The molecule has 1 amide bonds. The molecule has 0 fully saturated rings. The first-order chi connectivity index (χ1) is 16.4. The van der Waals surface area contributed by atoms with Crippen molar-refractivity contribution in [2.75, 3.05) is 7.05 Å². The first-order valence-corrected chi connectivity index (χ1v) is 11.1. The topological polar surface area (TPSA) is 77.2 Å². The van der Waals surface area contributed by atoms with E-state index in [0.717, 1.165) is 20.4 Å². The third kappa shape index (κ3) is 4.70. The van der Waals surface area contributed by atoms with Crippen LogP contribution in [0.4, 0.5) is 0 Å². The van der Waals surface area contributed by atoms with Gasteiger partial charge in [-0.25, -0.2) is 9.36 Å². The van der Waals surface area contributed by atoms with Gasteiger partial charge >= 0.3 is 5.69 Å². The van der Waals surface area contributed by atoms with E-state index in [1.807, 2.05) is 60.7 Å². The molecule has 172 valence electrons. The van der Waals surface area contributed by atoms with E-state index in [-0.39, 0.29) is 12.2 Å². The van der Waals surface area contributed by atoms with Gasteiger partial charge in [-0.15, -0.1) is 0 Å². The summed E-state index contributed by atoms with van der Waals surface area (Å²) in [6.07, 6.45) is 0. The molecule has 1 atom stereocenters. The monoisotopic (exact) mass is 474 g/mol. The molecular weight excluding hydrogens is 452 g/mol. The summed E-state index contributed by atoms with van der Waals surface area (Å²) in [6, 6.07) is 24.4. The molecule has 0 bridgehead atoms. The van der Waals surface area contributed by atoms with Crippen LogP contribution in [-0.2, 0) is 6.54 Å². The summed E-state index contributed by atoms with van der Waals surface area (Å²) in [6.45, 7) is 2.03. The number of hydrogen-bond acceptors (Lipinski definition) is 4. The lowest BCUT2D eigenvalue weighted by atomic mass is 10.1. The molecule has 3 aromatic carbocycles. The Balaban J connectivity index is 1.86. The number of carbonyl (C=O) groups excluding carboxylic acids is 1. The van der Waals surface area contributed by atoms with Crippen LogP contribution in [0.2, 0.25) is 5.02 Å². The van der Waals surface area contributed by atoms with E-state index in [9.17, 15) is 14.4 Å². The number of amides is 1. The van der Waals surface area contributed by atoms with Crippen LogP contribution in [0.1, 0.15) is 34.6 Å². The summed E-state index contributed by atoms with van der Waals surface area (Å²) in [4.78, 5) is 41.6. The second kappa shape index (κ2) is 9.89. The Hall–Kier alpha value is -3.97. The maximum absolute atomic E-state index is 13.5. The highest BCUT2D eigenvalue weighted by Gasteiger charge is 2.25. The van der Waals surface area contributed by atoms with Crippen molar-refractivity contribution in [3.63, 3.8) is 0 Å². The number of carbonyl (C=O) groups is 1. The van der Waals surface area contributed by atoms with Gasteiger partial charge in [0, 0.05) is 18.6 Å². The summed E-state index contributed by atoms with van der Waals surface area (Å²) in [5.41, 5.74) is 0.329. The van der Waals surface area contributed by atoms with Gasteiger partial charge < -0.3 is 4.90 Å². The highest BCUT2D eigenvalue weighted by atomic mass is 35.5. The molecule has 7 nitrogen and oxygen atoms in total. The summed E-state index contributed by atoms with van der Waals surface area (Å²) >= 11 is 6.00. The van der Waals surface area contributed by atoms with E-state index in [4.69, 9.17) is 11.6 Å². The van der Waals surface area contributed by atoms with Crippen molar-refractivity contribution >= 4 is 17.5 Å².